The van der Waals surface area contributed by atoms with Gasteiger partial charge in [0.15, 0.2) is 6.61 Å². The first kappa shape index (κ1) is 24.8. The molecule has 0 aliphatic heterocycles. The Kier molecular flexibility index (Phi) is 8.61. The zero-order valence-electron chi connectivity index (χ0n) is 18.0. The second-order valence-electron chi connectivity index (χ2n) is 7.03. The molecule has 0 radical (unpaired) electrons. The van der Waals surface area contributed by atoms with Crippen LogP contribution in [0.25, 0.3) is 0 Å². The number of nitrogens with one attached hydrogen (secondary N) is 3. The minimum atomic E-state index is -0.916. The Balaban J connectivity index is 1.49. The predicted molar refractivity (Wildman–Crippen MR) is 133 cm³/mol. The van der Waals surface area contributed by atoms with Crippen molar-refractivity contribution in [2.45, 2.75) is 6.92 Å². The largest absolute Gasteiger partial charge is 0.484 e. The molecule has 0 bridgehead atoms. The Morgan fingerprint density at radius 3 is 2.44 bits per heavy atom. The molecule has 0 aliphatic carbocycles. The molecule has 3 aromatic carbocycles. The Hall–Kier alpha value is -3.88. The molecule has 3 aromatic rings. The summed E-state index contributed by atoms with van der Waals surface area (Å²) in [6.45, 7) is 1.65. The Bertz CT molecular complexity index is 1230. The molecule has 0 aliphatic rings. The molecule has 0 fully saturated rings. The maximum atomic E-state index is 12.1. The summed E-state index contributed by atoms with van der Waals surface area (Å²) in [6.07, 6.45) is 1.34. The minimum absolute atomic E-state index is 0.241. The van der Waals surface area contributed by atoms with E-state index in [1.807, 2.05) is 19.1 Å². The van der Waals surface area contributed by atoms with Crippen LogP contribution in [0.4, 0.5) is 11.4 Å². The van der Waals surface area contributed by atoms with Gasteiger partial charge in [0.25, 0.3) is 5.91 Å². The van der Waals surface area contributed by atoms with Crippen LogP contribution >= 0.6 is 23.2 Å². The van der Waals surface area contributed by atoms with Crippen molar-refractivity contribution in [3.05, 3.63) is 87.9 Å². The molecular formula is C24H20Cl2N4O4. The standard InChI is InChI=1S/C24H20Cl2N4O4/c1-15-8-10-17(11-9-15)28-23(32)24(33)30-27-13-16-4-2-5-18(12-16)34-14-21(31)29-20-7-3-6-19(25)22(20)26/h2-13H,14H2,1H3,(H,28,32)(H,29,31)(H,30,33)/b27-13+. The molecule has 10 heteroatoms. The van der Waals surface area contributed by atoms with E-state index in [-0.39, 0.29) is 11.6 Å². The lowest BCUT2D eigenvalue weighted by Crippen LogP contribution is -2.32. The molecule has 3 N–H and O–H groups in total. The minimum Gasteiger partial charge on any atom is -0.484 e. The highest BCUT2D eigenvalue weighted by atomic mass is 35.5. The second-order valence-corrected chi connectivity index (χ2v) is 7.82. The first-order valence-corrected chi connectivity index (χ1v) is 10.7. The molecule has 0 spiro atoms. The summed E-state index contributed by atoms with van der Waals surface area (Å²) < 4.78 is 5.49. The van der Waals surface area contributed by atoms with Gasteiger partial charge in [-0.05, 0) is 48.9 Å². The first-order chi connectivity index (χ1) is 16.3. The fourth-order valence-electron chi connectivity index (χ4n) is 2.66. The predicted octanol–water partition coefficient (Wildman–Crippen LogP) is 4.41. The molecule has 0 heterocycles. The molecule has 0 saturated carbocycles. The molecule has 0 saturated heterocycles. The van der Waals surface area contributed by atoms with Gasteiger partial charge in [0.1, 0.15) is 5.75 Å². The zero-order valence-corrected chi connectivity index (χ0v) is 19.5. The van der Waals surface area contributed by atoms with Gasteiger partial charge in [-0.15, -0.1) is 0 Å². The number of aryl methyl sites for hydroxylation is 1. The zero-order chi connectivity index (χ0) is 24.5. The maximum absolute atomic E-state index is 12.1. The number of anilines is 2. The third-order valence-corrected chi connectivity index (χ3v) is 5.17. The van der Waals surface area contributed by atoms with Crippen molar-refractivity contribution in [3.63, 3.8) is 0 Å². The van der Waals surface area contributed by atoms with Gasteiger partial charge in [0.05, 0.1) is 21.9 Å². The quantitative estimate of drug-likeness (QED) is 0.254. The van der Waals surface area contributed by atoms with Gasteiger partial charge in [-0.1, -0.05) is 59.1 Å². The Labute approximate surface area is 205 Å². The van der Waals surface area contributed by atoms with Crippen LogP contribution in [0.15, 0.2) is 71.8 Å². The monoisotopic (exact) mass is 498 g/mol. The summed E-state index contributed by atoms with van der Waals surface area (Å²) in [6, 6.07) is 18.6. The summed E-state index contributed by atoms with van der Waals surface area (Å²) >= 11 is 12.0. The number of benzene rings is 3. The molecule has 8 nitrogen and oxygen atoms in total. The molecule has 3 rings (SSSR count). The normalized spacial score (nSPS) is 10.6. The van der Waals surface area contributed by atoms with Crippen LogP contribution in [0, 0.1) is 6.92 Å². The molecule has 3 amide bonds. The highest BCUT2D eigenvalue weighted by Gasteiger charge is 2.13. The summed E-state index contributed by atoms with van der Waals surface area (Å²) in [7, 11) is 0. The van der Waals surface area contributed by atoms with Gasteiger partial charge in [0.2, 0.25) is 0 Å². The van der Waals surface area contributed by atoms with E-state index in [1.54, 1.807) is 54.6 Å². The van der Waals surface area contributed by atoms with Crippen LogP contribution < -0.4 is 20.8 Å². The maximum Gasteiger partial charge on any atom is 0.329 e. The first-order valence-electron chi connectivity index (χ1n) is 9.99. The summed E-state index contributed by atoms with van der Waals surface area (Å²) in [5, 5.41) is 9.45. The number of hydrazone groups is 1. The van der Waals surface area contributed by atoms with Crippen molar-refractivity contribution >= 4 is 58.5 Å². The van der Waals surface area contributed by atoms with E-state index >= 15 is 0 Å². The van der Waals surface area contributed by atoms with E-state index in [1.165, 1.54) is 6.21 Å². The van der Waals surface area contributed by atoms with Crippen molar-refractivity contribution in [1.29, 1.82) is 0 Å². The average Bonchev–Trinajstić information content (AvgIpc) is 2.82. The van der Waals surface area contributed by atoms with Crippen molar-refractivity contribution in [2.24, 2.45) is 5.10 Å². The lowest BCUT2D eigenvalue weighted by molar-refractivity contribution is -0.136. The molecular weight excluding hydrogens is 479 g/mol. The fourth-order valence-corrected chi connectivity index (χ4v) is 3.01. The summed E-state index contributed by atoms with van der Waals surface area (Å²) in [4.78, 5) is 36.0. The van der Waals surface area contributed by atoms with Crippen LogP contribution in [0.2, 0.25) is 10.0 Å². The van der Waals surface area contributed by atoms with Crippen LogP contribution in [-0.2, 0) is 14.4 Å². The fraction of sp³-hybridized carbons (Fsp3) is 0.0833. The smallest absolute Gasteiger partial charge is 0.329 e. The van der Waals surface area contributed by atoms with Gasteiger partial charge in [-0.25, -0.2) is 5.43 Å². The van der Waals surface area contributed by atoms with Crippen molar-refractivity contribution in [3.8, 4) is 5.75 Å². The number of carbonyl (C=O) groups excluding carboxylic acids is 3. The lowest BCUT2D eigenvalue weighted by Gasteiger charge is -2.09. The molecule has 0 unspecified atom stereocenters. The average molecular weight is 499 g/mol. The van der Waals surface area contributed by atoms with Gasteiger partial charge in [-0.2, -0.15) is 5.10 Å². The van der Waals surface area contributed by atoms with Gasteiger partial charge in [-0.3, -0.25) is 14.4 Å². The van der Waals surface area contributed by atoms with Gasteiger partial charge < -0.3 is 15.4 Å². The van der Waals surface area contributed by atoms with E-state index in [4.69, 9.17) is 27.9 Å². The topological polar surface area (TPSA) is 109 Å². The Morgan fingerprint density at radius 1 is 0.941 bits per heavy atom. The van der Waals surface area contributed by atoms with Gasteiger partial charge in [0, 0.05) is 5.69 Å². The van der Waals surface area contributed by atoms with Crippen LogP contribution in [0.3, 0.4) is 0 Å². The van der Waals surface area contributed by atoms with Crippen LogP contribution in [0.5, 0.6) is 5.75 Å². The number of halogens is 2. The van der Waals surface area contributed by atoms with Crippen molar-refractivity contribution < 1.29 is 19.1 Å². The summed E-state index contributed by atoms with van der Waals surface area (Å²) in [5.74, 6) is -1.78. The molecule has 0 aromatic heterocycles. The number of hydrogen-bond acceptors (Lipinski definition) is 5. The molecule has 0 atom stereocenters. The van der Waals surface area contributed by atoms with Crippen molar-refractivity contribution in [1.82, 2.24) is 5.43 Å². The van der Waals surface area contributed by atoms with E-state index < -0.39 is 17.7 Å². The number of rotatable bonds is 7. The van der Waals surface area contributed by atoms with Gasteiger partial charge >= 0.3 is 11.8 Å². The molecule has 174 valence electrons. The number of carbonyl (C=O) groups is 3. The molecule has 34 heavy (non-hydrogen) atoms. The Morgan fingerprint density at radius 2 is 1.68 bits per heavy atom. The SMILES string of the molecule is Cc1ccc(NC(=O)C(=O)N/N=C/c2cccc(OCC(=O)Nc3cccc(Cl)c3Cl)c2)cc1. The van der Waals surface area contributed by atoms with Crippen LogP contribution in [0.1, 0.15) is 11.1 Å². The van der Waals surface area contributed by atoms with E-state index in [2.05, 4.69) is 21.2 Å². The number of amides is 3. The highest BCUT2D eigenvalue weighted by molar-refractivity contribution is 6.44. The van der Waals surface area contributed by atoms with E-state index in [9.17, 15) is 14.4 Å². The highest BCUT2D eigenvalue weighted by Crippen LogP contribution is 2.29. The second kappa shape index (κ2) is 11.8. The number of nitrogens with zero attached hydrogens (tertiary/aromatic N) is 1. The third kappa shape index (κ3) is 7.33. The van der Waals surface area contributed by atoms with Crippen molar-refractivity contribution in [2.75, 3.05) is 17.2 Å². The summed E-state index contributed by atoms with van der Waals surface area (Å²) in [5.41, 5.74) is 4.65. The lowest BCUT2D eigenvalue weighted by atomic mass is 10.2. The third-order valence-electron chi connectivity index (χ3n) is 4.35. The van der Waals surface area contributed by atoms with Crippen LogP contribution in [-0.4, -0.2) is 30.5 Å². The number of ether oxygens (including phenoxy) is 1. The van der Waals surface area contributed by atoms with E-state index in [0.717, 1.165) is 5.56 Å². The van der Waals surface area contributed by atoms with E-state index in [0.29, 0.717) is 27.7 Å². The number of hydrogen-bond donors (Lipinski definition) is 3.